The van der Waals surface area contributed by atoms with Crippen molar-refractivity contribution in [1.82, 2.24) is 4.90 Å². The highest BCUT2D eigenvalue weighted by Crippen LogP contribution is 2.29. The summed E-state index contributed by atoms with van der Waals surface area (Å²) in [4.78, 5) is 2.38. The number of ether oxygens (including phenoxy) is 1. The average molecular weight is 280 g/mol. The molecule has 0 fully saturated rings. The predicted molar refractivity (Wildman–Crippen MR) is 83.4 cm³/mol. The zero-order valence-electron chi connectivity index (χ0n) is 13.1. The van der Waals surface area contributed by atoms with Gasteiger partial charge in [-0.15, -0.1) is 0 Å². The number of aromatic hydroxyl groups is 1. The van der Waals surface area contributed by atoms with E-state index in [1.54, 1.807) is 6.07 Å². The molecule has 1 aromatic carbocycles. The molecule has 0 radical (unpaired) electrons. The maximum Gasteiger partial charge on any atom is 0.161 e. The van der Waals surface area contributed by atoms with Crippen molar-refractivity contribution >= 4 is 0 Å². The molecule has 114 valence electrons. The van der Waals surface area contributed by atoms with E-state index < -0.39 is 0 Å². The molecule has 0 saturated heterocycles. The molecular weight excluding hydrogens is 252 g/mol. The van der Waals surface area contributed by atoms with Crippen LogP contribution in [0.5, 0.6) is 11.5 Å². The quantitative estimate of drug-likeness (QED) is 0.767. The van der Waals surface area contributed by atoms with Gasteiger partial charge >= 0.3 is 0 Å². The van der Waals surface area contributed by atoms with Crippen LogP contribution < -0.4 is 10.5 Å². The summed E-state index contributed by atoms with van der Waals surface area (Å²) in [5.41, 5.74) is 7.06. The van der Waals surface area contributed by atoms with E-state index in [4.69, 9.17) is 10.5 Å². The first-order valence-corrected chi connectivity index (χ1v) is 7.40. The lowest BCUT2D eigenvalue weighted by Crippen LogP contribution is -2.53. The Hall–Kier alpha value is -1.26. The number of nitrogens with two attached hydrogens (primary N) is 1. The Bertz CT molecular complexity index is 419. The Balaban J connectivity index is 2.97. The van der Waals surface area contributed by atoms with Crippen LogP contribution in [0.3, 0.4) is 0 Å². The van der Waals surface area contributed by atoms with Gasteiger partial charge in [0.15, 0.2) is 11.5 Å². The van der Waals surface area contributed by atoms with Gasteiger partial charge in [-0.2, -0.15) is 0 Å². The Morgan fingerprint density at radius 2 is 1.90 bits per heavy atom. The highest BCUT2D eigenvalue weighted by Gasteiger charge is 2.28. The van der Waals surface area contributed by atoms with Gasteiger partial charge in [0, 0.05) is 12.1 Å². The Kier molecular flexibility index (Phi) is 6.30. The fourth-order valence-corrected chi connectivity index (χ4v) is 2.68. The predicted octanol–water partition coefficient (Wildman–Crippen LogP) is 2.39. The summed E-state index contributed by atoms with van der Waals surface area (Å²) in [6, 6.07) is 5.55. The first-order valence-electron chi connectivity index (χ1n) is 7.40. The SMILES string of the molecule is CCOc1cc(CC(C)(CN)N(CC)CC)ccc1O. The smallest absolute Gasteiger partial charge is 0.161 e. The lowest BCUT2D eigenvalue weighted by atomic mass is 9.90. The molecule has 4 heteroatoms. The standard InChI is InChI=1S/C16H28N2O2/c1-5-18(6-2)16(4,12-17)11-13-8-9-14(19)15(10-13)20-7-3/h8-10,19H,5-7,11-12,17H2,1-4H3. The molecule has 0 bridgehead atoms. The Labute approximate surface area is 122 Å². The fraction of sp³-hybridized carbons (Fsp3) is 0.625. The molecule has 20 heavy (non-hydrogen) atoms. The van der Waals surface area contributed by atoms with E-state index in [2.05, 4.69) is 25.7 Å². The van der Waals surface area contributed by atoms with Crippen LogP contribution in [0.1, 0.15) is 33.3 Å². The third-order valence-electron chi connectivity index (χ3n) is 3.88. The average Bonchev–Trinajstić information content (AvgIpc) is 2.44. The number of hydrogen-bond donors (Lipinski definition) is 2. The van der Waals surface area contributed by atoms with Crippen LogP contribution in [0.25, 0.3) is 0 Å². The highest BCUT2D eigenvalue weighted by atomic mass is 16.5. The second-order valence-electron chi connectivity index (χ2n) is 5.29. The van der Waals surface area contributed by atoms with E-state index in [1.807, 2.05) is 19.1 Å². The van der Waals surface area contributed by atoms with Crippen molar-refractivity contribution < 1.29 is 9.84 Å². The van der Waals surface area contributed by atoms with Gasteiger partial charge in [-0.25, -0.2) is 0 Å². The van der Waals surface area contributed by atoms with Gasteiger partial charge in [0.1, 0.15) is 0 Å². The molecule has 1 unspecified atom stereocenters. The van der Waals surface area contributed by atoms with Crippen molar-refractivity contribution in [3.05, 3.63) is 23.8 Å². The van der Waals surface area contributed by atoms with Gasteiger partial charge in [-0.05, 0) is 51.1 Å². The molecule has 0 spiro atoms. The summed E-state index contributed by atoms with van der Waals surface area (Å²) >= 11 is 0. The number of phenolic OH excluding ortho intramolecular Hbond substituents is 1. The third-order valence-corrected chi connectivity index (χ3v) is 3.88. The van der Waals surface area contributed by atoms with Crippen LogP contribution in [0.4, 0.5) is 0 Å². The molecule has 0 aliphatic heterocycles. The van der Waals surface area contributed by atoms with Crippen LogP contribution in [0, 0.1) is 0 Å². The maximum atomic E-state index is 9.76. The second-order valence-corrected chi connectivity index (χ2v) is 5.29. The number of phenols is 1. The van der Waals surface area contributed by atoms with Crippen LogP contribution >= 0.6 is 0 Å². The molecule has 0 aliphatic rings. The molecule has 0 heterocycles. The lowest BCUT2D eigenvalue weighted by Gasteiger charge is -2.39. The molecule has 1 atom stereocenters. The lowest BCUT2D eigenvalue weighted by molar-refractivity contribution is 0.124. The van der Waals surface area contributed by atoms with Crippen molar-refractivity contribution in [3.8, 4) is 11.5 Å². The summed E-state index contributed by atoms with van der Waals surface area (Å²) in [5, 5.41) is 9.76. The summed E-state index contributed by atoms with van der Waals surface area (Å²) < 4.78 is 5.44. The van der Waals surface area contributed by atoms with Gasteiger partial charge in [0.05, 0.1) is 6.61 Å². The number of likely N-dealkylation sites (N-methyl/N-ethyl adjacent to an activating group) is 1. The number of hydrogen-bond acceptors (Lipinski definition) is 4. The molecular formula is C16H28N2O2. The minimum Gasteiger partial charge on any atom is -0.504 e. The topological polar surface area (TPSA) is 58.7 Å². The summed E-state index contributed by atoms with van der Waals surface area (Å²) in [6.45, 7) is 11.5. The van der Waals surface area contributed by atoms with Gasteiger partial charge in [0.2, 0.25) is 0 Å². The van der Waals surface area contributed by atoms with Crippen LogP contribution in [-0.2, 0) is 6.42 Å². The van der Waals surface area contributed by atoms with E-state index in [9.17, 15) is 5.11 Å². The normalized spacial score (nSPS) is 14.3. The van der Waals surface area contributed by atoms with E-state index in [1.165, 1.54) is 0 Å². The highest BCUT2D eigenvalue weighted by molar-refractivity contribution is 5.42. The second kappa shape index (κ2) is 7.50. The van der Waals surface area contributed by atoms with Crippen LogP contribution in [-0.4, -0.2) is 41.8 Å². The molecule has 4 nitrogen and oxygen atoms in total. The van der Waals surface area contributed by atoms with Crippen molar-refractivity contribution in [3.63, 3.8) is 0 Å². The zero-order valence-corrected chi connectivity index (χ0v) is 13.1. The minimum absolute atomic E-state index is 0.0794. The van der Waals surface area contributed by atoms with E-state index in [0.29, 0.717) is 18.9 Å². The maximum absolute atomic E-state index is 9.76. The van der Waals surface area contributed by atoms with E-state index in [-0.39, 0.29) is 11.3 Å². The fourth-order valence-electron chi connectivity index (χ4n) is 2.68. The van der Waals surface area contributed by atoms with Crippen molar-refractivity contribution in [2.45, 2.75) is 39.7 Å². The van der Waals surface area contributed by atoms with Crippen molar-refractivity contribution in [1.29, 1.82) is 0 Å². The molecule has 3 N–H and O–H groups in total. The van der Waals surface area contributed by atoms with E-state index >= 15 is 0 Å². The molecule has 1 rings (SSSR count). The molecule has 1 aromatic rings. The number of benzene rings is 1. The summed E-state index contributed by atoms with van der Waals surface area (Å²) in [7, 11) is 0. The molecule has 0 aliphatic carbocycles. The van der Waals surface area contributed by atoms with Gasteiger partial charge in [-0.3, -0.25) is 4.90 Å². The number of nitrogens with zero attached hydrogens (tertiary/aromatic N) is 1. The van der Waals surface area contributed by atoms with Gasteiger partial charge in [0.25, 0.3) is 0 Å². The summed E-state index contributed by atoms with van der Waals surface area (Å²) in [6.07, 6.45) is 0.839. The molecule has 0 saturated carbocycles. The van der Waals surface area contributed by atoms with Crippen molar-refractivity contribution in [2.75, 3.05) is 26.2 Å². The first kappa shape index (κ1) is 16.8. The van der Waals surface area contributed by atoms with Crippen LogP contribution in [0.15, 0.2) is 18.2 Å². The minimum atomic E-state index is -0.0794. The summed E-state index contributed by atoms with van der Waals surface area (Å²) in [5.74, 6) is 0.733. The molecule has 0 amide bonds. The van der Waals surface area contributed by atoms with Crippen molar-refractivity contribution in [2.24, 2.45) is 5.73 Å². The first-order chi connectivity index (χ1) is 9.50. The largest absolute Gasteiger partial charge is 0.504 e. The number of rotatable bonds is 8. The van der Waals surface area contributed by atoms with Gasteiger partial charge in [-0.1, -0.05) is 19.9 Å². The Morgan fingerprint density at radius 3 is 2.40 bits per heavy atom. The molecule has 0 aromatic heterocycles. The van der Waals surface area contributed by atoms with Crippen LogP contribution in [0.2, 0.25) is 0 Å². The Morgan fingerprint density at radius 1 is 1.25 bits per heavy atom. The monoisotopic (exact) mass is 280 g/mol. The zero-order chi connectivity index (χ0) is 15.2. The van der Waals surface area contributed by atoms with E-state index in [0.717, 1.165) is 25.1 Å². The van der Waals surface area contributed by atoms with Gasteiger partial charge < -0.3 is 15.6 Å². The third kappa shape index (κ3) is 3.87.